The zero-order valence-corrected chi connectivity index (χ0v) is 28.9. The molecule has 14 nitrogen and oxygen atoms in total. The molecule has 0 saturated carbocycles. The van der Waals surface area contributed by atoms with Crippen LogP contribution in [0.1, 0.15) is 66.4 Å². The van der Waals surface area contributed by atoms with Gasteiger partial charge in [0.05, 0.1) is 35.5 Å². The molecule has 0 aliphatic carbocycles. The van der Waals surface area contributed by atoms with Crippen molar-refractivity contribution in [3.05, 3.63) is 130 Å². The van der Waals surface area contributed by atoms with Crippen molar-refractivity contribution >= 4 is 35.7 Å². The maximum Gasteiger partial charge on any atom is 0.412 e. The average molecular weight is 713 g/mol. The molecule has 0 aromatic heterocycles. The number of benzene rings is 4. The Kier molecular flexibility index (Phi) is 13.4. The minimum absolute atomic E-state index is 0.0841. The zero-order valence-electron chi connectivity index (χ0n) is 28.9. The van der Waals surface area contributed by atoms with Gasteiger partial charge in [0.15, 0.2) is 25.0 Å². The fraction of sp³-hybridized carbons (Fsp3) is 0.211. The lowest BCUT2D eigenvalue weighted by Crippen LogP contribution is -2.31. The van der Waals surface area contributed by atoms with Crippen LogP contribution in [-0.4, -0.2) is 86.3 Å². The lowest BCUT2D eigenvalue weighted by Gasteiger charge is -2.18. The molecule has 0 atom stereocenters. The molecule has 4 aromatic rings. The molecule has 0 spiro atoms. The highest BCUT2D eigenvalue weighted by Crippen LogP contribution is 2.26. The highest BCUT2D eigenvalue weighted by atomic mass is 17.2. The average Bonchev–Trinajstić information content (AvgIpc) is 3.17. The molecule has 0 bridgehead atoms. The Labute approximate surface area is 299 Å². The smallest absolute Gasteiger partial charge is 0.412 e. The molecular formula is C38H36N2O12. The Hall–Kier alpha value is -6.70. The van der Waals surface area contributed by atoms with Crippen LogP contribution in [0, 0.1) is 0 Å². The van der Waals surface area contributed by atoms with Crippen LogP contribution in [0.4, 0.5) is 9.59 Å². The van der Waals surface area contributed by atoms with E-state index in [1.54, 1.807) is 38.1 Å². The van der Waals surface area contributed by atoms with Crippen molar-refractivity contribution < 1.29 is 57.5 Å². The first-order valence-electron chi connectivity index (χ1n) is 16.0. The molecule has 14 heteroatoms. The van der Waals surface area contributed by atoms with Crippen LogP contribution in [0.5, 0.6) is 11.5 Å². The molecule has 0 aliphatic heterocycles. The number of carbonyl (C=O) groups is 6. The van der Waals surface area contributed by atoms with Gasteiger partial charge >= 0.3 is 24.1 Å². The summed E-state index contributed by atoms with van der Waals surface area (Å²) in [6, 6.07) is 24.0. The standard InChI is InChI=1S/C38H36N2O12/c1-5-47-37(45)39(3)23-49-31-21-13-11-19-29(31)33(41)25-15-7-9-17-27(25)35(43)51-52-36(44)28-18-10-8-16-26(28)34(42)30-20-12-14-22-32(30)50-24-40(4)38(46)48-6-2/h7-22H,5-6,23-24H2,1-4H3. The van der Waals surface area contributed by atoms with Gasteiger partial charge in [0.1, 0.15) is 11.5 Å². The van der Waals surface area contributed by atoms with Crippen LogP contribution in [0.3, 0.4) is 0 Å². The van der Waals surface area contributed by atoms with Crippen LogP contribution < -0.4 is 9.47 Å². The summed E-state index contributed by atoms with van der Waals surface area (Å²) in [5.74, 6) is -3.27. The van der Waals surface area contributed by atoms with Crippen molar-refractivity contribution in [2.75, 3.05) is 40.8 Å². The van der Waals surface area contributed by atoms with Gasteiger partial charge in [-0.2, -0.15) is 0 Å². The molecule has 0 N–H and O–H groups in total. The topological polar surface area (TPSA) is 164 Å². The molecule has 0 fully saturated rings. The van der Waals surface area contributed by atoms with E-state index in [4.69, 9.17) is 28.7 Å². The summed E-state index contributed by atoms with van der Waals surface area (Å²) in [7, 11) is 2.93. The minimum atomic E-state index is -1.16. The van der Waals surface area contributed by atoms with E-state index in [2.05, 4.69) is 0 Å². The molecule has 4 rings (SSSR count). The van der Waals surface area contributed by atoms with Crippen molar-refractivity contribution in [2.45, 2.75) is 13.8 Å². The van der Waals surface area contributed by atoms with Crippen molar-refractivity contribution in [1.29, 1.82) is 0 Å². The van der Waals surface area contributed by atoms with E-state index in [9.17, 15) is 28.8 Å². The number of hydrogen-bond acceptors (Lipinski definition) is 12. The van der Waals surface area contributed by atoms with Gasteiger partial charge < -0.3 is 18.9 Å². The predicted molar refractivity (Wildman–Crippen MR) is 184 cm³/mol. The summed E-state index contributed by atoms with van der Waals surface area (Å²) in [4.78, 5) is 89.9. The Morgan fingerprint density at radius 2 is 0.769 bits per heavy atom. The van der Waals surface area contributed by atoms with E-state index in [1.165, 1.54) is 96.7 Å². The fourth-order valence-electron chi connectivity index (χ4n) is 4.64. The van der Waals surface area contributed by atoms with Crippen molar-refractivity contribution in [3.8, 4) is 11.5 Å². The van der Waals surface area contributed by atoms with Crippen LogP contribution in [-0.2, 0) is 19.2 Å². The molecular weight excluding hydrogens is 676 g/mol. The fourth-order valence-corrected chi connectivity index (χ4v) is 4.64. The molecule has 52 heavy (non-hydrogen) atoms. The first kappa shape index (κ1) is 38.1. The molecule has 0 heterocycles. The highest BCUT2D eigenvalue weighted by Gasteiger charge is 2.26. The summed E-state index contributed by atoms with van der Waals surface area (Å²) < 4.78 is 21.3. The van der Waals surface area contributed by atoms with E-state index < -0.39 is 35.7 Å². The molecule has 0 saturated heterocycles. The van der Waals surface area contributed by atoms with Crippen molar-refractivity contribution in [2.24, 2.45) is 0 Å². The predicted octanol–water partition coefficient (Wildman–Crippen LogP) is 5.93. The first-order chi connectivity index (χ1) is 25.1. The Morgan fingerprint density at radius 3 is 1.12 bits per heavy atom. The van der Waals surface area contributed by atoms with Gasteiger partial charge in [0.25, 0.3) is 0 Å². The molecule has 0 radical (unpaired) electrons. The molecule has 2 amide bonds. The summed E-state index contributed by atoms with van der Waals surface area (Å²) >= 11 is 0. The van der Waals surface area contributed by atoms with Crippen molar-refractivity contribution in [3.63, 3.8) is 0 Å². The van der Waals surface area contributed by atoms with Gasteiger partial charge in [-0.25, -0.2) is 29.0 Å². The lowest BCUT2D eigenvalue weighted by molar-refractivity contribution is -0.187. The molecule has 4 aromatic carbocycles. The third-order valence-electron chi connectivity index (χ3n) is 7.23. The van der Waals surface area contributed by atoms with Crippen LogP contribution in [0.15, 0.2) is 97.1 Å². The molecule has 0 aliphatic rings. The van der Waals surface area contributed by atoms with Gasteiger partial charge in [-0.05, 0) is 50.2 Å². The van der Waals surface area contributed by atoms with E-state index in [0.29, 0.717) is 0 Å². The van der Waals surface area contributed by atoms with E-state index in [-0.39, 0.29) is 71.6 Å². The Morgan fingerprint density at radius 1 is 0.462 bits per heavy atom. The normalized spacial score (nSPS) is 10.3. The summed E-state index contributed by atoms with van der Waals surface area (Å²) in [6.07, 6.45) is -1.23. The maximum atomic E-state index is 13.7. The number of para-hydroxylation sites is 2. The number of amides is 2. The molecule has 270 valence electrons. The summed E-state index contributed by atoms with van der Waals surface area (Å²) in [5, 5.41) is 0. The van der Waals surface area contributed by atoms with Gasteiger partial charge in [0.2, 0.25) is 0 Å². The zero-order chi connectivity index (χ0) is 37.6. The lowest BCUT2D eigenvalue weighted by atomic mass is 9.97. The SMILES string of the molecule is CCOC(=O)N(C)COc1ccccc1C(=O)c1ccccc1C(=O)OOC(=O)c1ccccc1C(=O)c1ccccc1OCN(C)C(=O)OCC. The maximum absolute atomic E-state index is 13.7. The second-order valence-corrected chi connectivity index (χ2v) is 10.8. The van der Waals surface area contributed by atoms with E-state index in [0.717, 1.165) is 0 Å². The van der Waals surface area contributed by atoms with E-state index >= 15 is 0 Å². The van der Waals surface area contributed by atoms with Gasteiger partial charge in [-0.15, -0.1) is 0 Å². The second-order valence-electron chi connectivity index (χ2n) is 10.8. The quantitative estimate of drug-likeness (QED) is 0.0656. The Balaban J connectivity index is 1.49. The van der Waals surface area contributed by atoms with Crippen LogP contribution in [0.2, 0.25) is 0 Å². The Bertz CT molecular complexity index is 1800. The van der Waals surface area contributed by atoms with Crippen molar-refractivity contribution in [1.82, 2.24) is 9.80 Å². The van der Waals surface area contributed by atoms with E-state index in [1.807, 2.05) is 0 Å². The number of rotatable bonds is 14. The summed E-state index contributed by atoms with van der Waals surface area (Å²) in [5.41, 5.74) is -0.440. The van der Waals surface area contributed by atoms with Crippen LogP contribution >= 0.6 is 0 Å². The van der Waals surface area contributed by atoms with Gasteiger partial charge in [-0.1, -0.05) is 60.7 Å². The van der Waals surface area contributed by atoms with Gasteiger partial charge in [0, 0.05) is 25.2 Å². The summed E-state index contributed by atoms with van der Waals surface area (Å²) in [6.45, 7) is 3.23. The third-order valence-corrected chi connectivity index (χ3v) is 7.23. The van der Waals surface area contributed by atoms with Crippen LogP contribution in [0.25, 0.3) is 0 Å². The second kappa shape index (κ2) is 18.3. The monoisotopic (exact) mass is 712 g/mol. The minimum Gasteiger partial charge on any atom is -0.472 e. The highest BCUT2D eigenvalue weighted by molar-refractivity contribution is 6.17. The number of carbonyl (C=O) groups excluding carboxylic acids is 6. The largest absolute Gasteiger partial charge is 0.472 e. The third kappa shape index (κ3) is 9.50. The van der Waals surface area contributed by atoms with Gasteiger partial charge in [-0.3, -0.25) is 19.4 Å². The first-order valence-corrected chi connectivity index (χ1v) is 16.0. The number of nitrogens with zero attached hydrogens (tertiary/aromatic N) is 2. The number of ether oxygens (including phenoxy) is 4. The number of ketones is 2. The number of hydrogen-bond donors (Lipinski definition) is 0. The molecule has 0 unspecified atom stereocenters.